The third kappa shape index (κ3) is 4.43. The number of aliphatic carboxylic acids is 1. The molecule has 1 aromatic heterocycles. The molecule has 0 radical (unpaired) electrons. The minimum absolute atomic E-state index is 0.0338. The molecule has 0 aliphatic rings. The predicted molar refractivity (Wildman–Crippen MR) is 112 cm³/mol. The molecule has 0 fully saturated rings. The van der Waals surface area contributed by atoms with Crippen molar-refractivity contribution in [3.05, 3.63) is 68.7 Å². The summed E-state index contributed by atoms with van der Waals surface area (Å²) in [6.07, 6.45) is 2.07. The highest BCUT2D eigenvalue weighted by Gasteiger charge is 2.17. The Hall–Kier alpha value is -3.06. The van der Waals surface area contributed by atoms with Crippen LogP contribution in [-0.2, 0) is 4.79 Å². The van der Waals surface area contributed by atoms with Crippen molar-refractivity contribution >= 4 is 44.9 Å². The zero-order chi connectivity index (χ0) is 20.3. The predicted octanol–water partition coefficient (Wildman–Crippen LogP) is 5.73. The fraction of sp³-hybridized carbons (Fsp3) is 0.238. The van der Waals surface area contributed by atoms with Gasteiger partial charge in [-0.15, -0.1) is 11.3 Å². The monoisotopic (exact) mass is 396 g/mol. The third-order valence-electron chi connectivity index (χ3n) is 4.39. The molecule has 0 unspecified atom stereocenters. The molecule has 144 valence electrons. The molecular weight excluding hydrogens is 376 g/mol. The number of thiazole rings is 1. The Labute approximate surface area is 166 Å². The van der Waals surface area contributed by atoms with Crippen LogP contribution in [0.5, 0.6) is 0 Å². The van der Waals surface area contributed by atoms with Crippen LogP contribution in [0, 0.1) is 10.1 Å². The SMILES string of the molecule is CC(C)c1ccc(C=C(CCC(=O)O)c2nc3ccccc3s2)cc1[N+](=O)[O-]. The molecule has 0 saturated carbocycles. The van der Waals surface area contributed by atoms with Crippen molar-refractivity contribution in [2.45, 2.75) is 32.6 Å². The van der Waals surface area contributed by atoms with Gasteiger partial charge in [0.05, 0.1) is 15.1 Å². The first kappa shape index (κ1) is 19.7. The average Bonchev–Trinajstić information content (AvgIpc) is 3.08. The van der Waals surface area contributed by atoms with Crippen molar-refractivity contribution in [3.63, 3.8) is 0 Å². The van der Waals surface area contributed by atoms with E-state index in [0.29, 0.717) is 17.5 Å². The number of hydrogen-bond acceptors (Lipinski definition) is 5. The van der Waals surface area contributed by atoms with E-state index in [1.807, 2.05) is 44.2 Å². The van der Waals surface area contributed by atoms with Crippen molar-refractivity contribution in [2.24, 2.45) is 0 Å². The van der Waals surface area contributed by atoms with Gasteiger partial charge in [-0.05, 0) is 41.7 Å². The summed E-state index contributed by atoms with van der Waals surface area (Å²) in [6.45, 7) is 3.83. The fourth-order valence-corrected chi connectivity index (χ4v) is 4.00. The fourth-order valence-electron chi connectivity index (χ4n) is 2.99. The number of nitro benzene ring substituents is 1. The molecule has 7 heteroatoms. The molecule has 0 aliphatic carbocycles. The topological polar surface area (TPSA) is 93.3 Å². The van der Waals surface area contributed by atoms with Gasteiger partial charge in [-0.2, -0.15) is 0 Å². The van der Waals surface area contributed by atoms with E-state index >= 15 is 0 Å². The summed E-state index contributed by atoms with van der Waals surface area (Å²) >= 11 is 1.49. The molecule has 1 heterocycles. The molecule has 0 spiro atoms. The Morgan fingerprint density at radius 2 is 2.00 bits per heavy atom. The molecule has 0 atom stereocenters. The maximum absolute atomic E-state index is 11.5. The molecule has 0 amide bonds. The van der Waals surface area contributed by atoms with Crippen LogP contribution in [0.15, 0.2) is 42.5 Å². The highest BCUT2D eigenvalue weighted by atomic mass is 32.1. The van der Waals surface area contributed by atoms with Crippen molar-refractivity contribution in [1.29, 1.82) is 0 Å². The highest BCUT2D eigenvalue weighted by Crippen LogP contribution is 2.33. The number of carbonyl (C=O) groups is 1. The van der Waals surface area contributed by atoms with Gasteiger partial charge >= 0.3 is 5.97 Å². The number of rotatable bonds is 7. The van der Waals surface area contributed by atoms with Crippen LogP contribution < -0.4 is 0 Å². The maximum Gasteiger partial charge on any atom is 0.303 e. The van der Waals surface area contributed by atoms with E-state index < -0.39 is 5.97 Å². The lowest BCUT2D eigenvalue weighted by Gasteiger charge is -2.08. The number of allylic oxidation sites excluding steroid dienone is 1. The number of aromatic nitrogens is 1. The quantitative estimate of drug-likeness (QED) is 0.406. The van der Waals surface area contributed by atoms with Crippen LogP contribution in [0.4, 0.5) is 5.69 Å². The first-order valence-electron chi connectivity index (χ1n) is 8.92. The molecule has 3 rings (SSSR count). The van der Waals surface area contributed by atoms with Gasteiger partial charge < -0.3 is 5.11 Å². The van der Waals surface area contributed by atoms with Crippen LogP contribution in [-0.4, -0.2) is 21.0 Å². The number of carboxylic acids is 1. The van der Waals surface area contributed by atoms with Gasteiger partial charge in [0.15, 0.2) is 0 Å². The summed E-state index contributed by atoms with van der Waals surface area (Å²) in [4.78, 5) is 26.8. The third-order valence-corrected chi connectivity index (χ3v) is 5.50. The lowest BCUT2D eigenvalue weighted by Crippen LogP contribution is -1.98. The molecule has 3 aromatic rings. The summed E-state index contributed by atoms with van der Waals surface area (Å²) in [5.74, 6) is -0.859. The van der Waals surface area contributed by atoms with Gasteiger partial charge in [0.1, 0.15) is 5.01 Å². The normalized spacial score (nSPS) is 11.9. The number of benzene rings is 2. The second kappa shape index (κ2) is 8.31. The van der Waals surface area contributed by atoms with Gasteiger partial charge in [-0.1, -0.05) is 38.1 Å². The highest BCUT2D eigenvalue weighted by molar-refractivity contribution is 7.19. The minimum atomic E-state index is -0.895. The molecule has 0 aliphatic heterocycles. The van der Waals surface area contributed by atoms with Crippen LogP contribution in [0.1, 0.15) is 48.7 Å². The zero-order valence-corrected chi connectivity index (χ0v) is 16.4. The van der Waals surface area contributed by atoms with E-state index in [1.54, 1.807) is 18.2 Å². The lowest BCUT2D eigenvalue weighted by atomic mass is 9.98. The van der Waals surface area contributed by atoms with E-state index in [-0.39, 0.29) is 22.9 Å². The molecule has 28 heavy (non-hydrogen) atoms. The van der Waals surface area contributed by atoms with E-state index in [9.17, 15) is 14.9 Å². The second-order valence-corrected chi connectivity index (χ2v) is 7.81. The molecule has 0 bridgehead atoms. The Balaban J connectivity index is 2.07. The largest absolute Gasteiger partial charge is 0.481 e. The van der Waals surface area contributed by atoms with Gasteiger partial charge in [0, 0.05) is 18.1 Å². The standard InChI is InChI=1S/C21H20N2O4S/c1-13(2)16-9-7-14(12-18(16)23(26)27)11-15(8-10-20(24)25)21-22-17-5-3-4-6-19(17)28-21/h3-7,9,11-13H,8,10H2,1-2H3,(H,24,25). The van der Waals surface area contributed by atoms with Crippen LogP contribution >= 0.6 is 11.3 Å². The first-order chi connectivity index (χ1) is 13.3. The zero-order valence-electron chi connectivity index (χ0n) is 15.6. The van der Waals surface area contributed by atoms with Gasteiger partial charge in [0.2, 0.25) is 0 Å². The number of carboxylic acid groups (broad SMARTS) is 1. The smallest absolute Gasteiger partial charge is 0.303 e. The number of hydrogen-bond donors (Lipinski definition) is 1. The summed E-state index contributed by atoms with van der Waals surface area (Å²) in [5.41, 5.74) is 3.02. The number of fused-ring (bicyclic) bond motifs is 1. The average molecular weight is 396 g/mol. The van der Waals surface area contributed by atoms with Crippen LogP contribution in [0.2, 0.25) is 0 Å². The van der Waals surface area contributed by atoms with Gasteiger partial charge in [-0.25, -0.2) is 4.98 Å². The molecule has 2 aromatic carbocycles. The first-order valence-corrected chi connectivity index (χ1v) is 9.73. The van der Waals surface area contributed by atoms with Gasteiger partial charge in [-0.3, -0.25) is 14.9 Å². The van der Waals surface area contributed by atoms with E-state index in [2.05, 4.69) is 4.98 Å². The summed E-state index contributed by atoms with van der Waals surface area (Å²) in [6, 6.07) is 12.8. The summed E-state index contributed by atoms with van der Waals surface area (Å²) in [7, 11) is 0. The van der Waals surface area contributed by atoms with Crippen molar-refractivity contribution in [3.8, 4) is 0 Å². The van der Waals surface area contributed by atoms with E-state index in [4.69, 9.17) is 5.11 Å². The maximum atomic E-state index is 11.5. The molecule has 1 N–H and O–H groups in total. The van der Waals surface area contributed by atoms with Crippen molar-refractivity contribution < 1.29 is 14.8 Å². The number of nitro groups is 1. The second-order valence-electron chi connectivity index (χ2n) is 6.78. The Kier molecular flexibility index (Phi) is 5.84. The Bertz CT molecular complexity index is 1040. The van der Waals surface area contributed by atoms with E-state index in [0.717, 1.165) is 20.8 Å². The summed E-state index contributed by atoms with van der Waals surface area (Å²) in [5, 5.41) is 21.3. The Morgan fingerprint density at radius 3 is 2.64 bits per heavy atom. The molecule has 0 saturated heterocycles. The van der Waals surface area contributed by atoms with Gasteiger partial charge in [0.25, 0.3) is 5.69 Å². The number of nitrogens with zero attached hydrogens (tertiary/aromatic N) is 2. The number of para-hydroxylation sites is 1. The van der Waals surface area contributed by atoms with Crippen LogP contribution in [0.3, 0.4) is 0 Å². The lowest BCUT2D eigenvalue weighted by molar-refractivity contribution is -0.385. The van der Waals surface area contributed by atoms with E-state index in [1.165, 1.54) is 11.3 Å². The molecular formula is C21H20N2O4S. The van der Waals surface area contributed by atoms with Crippen LogP contribution in [0.25, 0.3) is 21.9 Å². The minimum Gasteiger partial charge on any atom is -0.481 e. The summed E-state index contributed by atoms with van der Waals surface area (Å²) < 4.78 is 1.01. The molecule has 6 nitrogen and oxygen atoms in total. The van der Waals surface area contributed by atoms with Crippen molar-refractivity contribution in [1.82, 2.24) is 4.98 Å². The Morgan fingerprint density at radius 1 is 1.25 bits per heavy atom. The van der Waals surface area contributed by atoms with Crippen molar-refractivity contribution in [2.75, 3.05) is 0 Å².